The fourth-order valence-electron chi connectivity index (χ4n) is 1.39. The highest BCUT2D eigenvalue weighted by atomic mass is 28.1. The molecule has 1 N–H and O–H groups in total. The molecular formula is C13H21NSi. The van der Waals surface area contributed by atoms with Crippen LogP contribution in [0.5, 0.6) is 0 Å². The van der Waals surface area contributed by atoms with E-state index in [0.717, 1.165) is 6.54 Å². The molecule has 1 rings (SSSR count). The Morgan fingerprint density at radius 1 is 1.20 bits per heavy atom. The molecule has 0 radical (unpaired) electrons. The van der Waals surface area contributed by atoms with E-state index >= 15 is 0 Å². The predicted molar refractivity (Wildman–Crippen MR) is 72.5 cm³/mol. The third kappa shape index (κ3) is 4.84. The van der Waals surface area contributed by atoms with Gasteiger partial charge in [-0.3, -0.25) is 0 Å². The summed E-state index contributed by atoms with van der Waals surface area (Å²) >= 11 is 0. The van der Waals surface area contributed by atoms with Gasteiger partial charge in [-0.25, -0.2) is 0 Å². The lowest BCUT2D eigenvalue weighted by Gasteiger charge is -2.07. The number of benzene rings is 1. The van der Waals surface area contributed by atoms with Crippen molar-refractivity contribution in [2.75, 3.05) is 11.9 Å². The Bertz CT molecular complexity index is 313. The predicted octanol–water partition coefficient (Wildman–Crippen LogP) is 2.54. The molecule has 2 heteroatoms. The van der Waals surface area contributed by atoms with Crippen LogP contribution in [-0.4, -0.2) is 16.8 Å². The molecule has 0 saturated heterocycles. The number of nitrogens with one attached hydrogen (secondary N) is 1. The lowest BCUT2D eigenvalue weighted by atomic mass is 10.2. The number of hydrogen-bond acceptors (Lipinski definition) is 1. The first-order valence-electron chi connectivity index (χ1n) is 5.62. The molecule has 1 nitrogen and oxygen atoms in total. The molecule has 0 saturated carbocycles. The highest BCUT2D eigenvalue weighted by Gasteiger charge is 1.93. The van der Waals surface area contributed by atoms with Crippen molar-refractivity contribution < 1.29 is 0 Å². The zero-order valence-corrected chi connectivity index (χ0v) is 12.0. The van der Waals surface area contributed by atoms with Gasteiger partial charge < -0.3 is 5.32 Å². The number of anilines is 1. The van der Waals surface area contributed by atoms with Crippen LogP contribution in [0, 0.1) is 0 Å². The summed E-state index contributed by atoms with van der Waals surface area (Å²) in [5, 5.41) is 5.09. The number of rotatable bonds is 5. The summed E-state index contributed by atoms with van der Waals surface area (Å²) in [5.74, 6) is 0. The lowest BCUT2D eigenvalue weighted by molar-refractivity contribution is 0.872. The van der Waals surface area contributed by atoms with Gasteiger partial charge >= 0.3 is 0 Å². The van der Waals surface area contributed by atoms with E-state index in [1.165, 1.54) is 34.3 Å². The van der Waals surface area contributed by atoms with Crippen molar-refractivity contribution in [3.8, 4) is 0 Å². The van der Waals surface area contributed by atoms with E-state index < -0.39 is 0 Å². The maximum atomic E-state index is 3.43. The Hall–Kier alpha value is -1.02. The number of para-hydroxylation sites is 1. The molecule has 0 unspecified atom stereocenters. The second-order valence-electron chi connectivity index (χ2n) is 4.18. The standard InChI is InChI=1S/C13H21NSi/c1-11(2)13(15)9-6-10-14-12-7-4-3-5-8-12/h3-5,7-8,14H,6,9-10H2,1-2,15H3. The molecule has 0 heterocycles. The molecule has 0 fully saturated rings. The van der Waals surface area contributed by atoms with Crippen LogP contribution < -0.4 is 5.32 Å². The fourth-order valence-corrected chi connectivity index (χ4v) is 1.75. The van der Waals surface area contributed by atoms with Gasteiger partial charge in [0.15, 0.2) is 0 Å². The largest absolute Gasteiger partial charge is 0.385 e. The van der Waals surface area contributed by atoms with Gasteiger partial charge in [-0.2, -0.15) is 0 Å². The molecule has 0 aliphatic rings. The van der Waals surface area contributed by atoms with Crippen molar-refractivity contribution in [1.82, 2.24) is 0 Å². The van der Waals surface area contributed by atoms with Crippen molar-refractivity contribution >= 4 is 15.9 Å². The topological polar surface area (TPSA) is 12.0 Å². The van der Waals surface area contributed by atoms with Gasteiger partial charge in [0.25, 0.3) is 0 Å². The average Bonchev–Trinajstić information content (AvgIpc) is 2.25. The Kier molecular flexibility index (Phi) is 5.19. The van der Waals surface area contributed by atoms with E-state index in [1.54, 1.807) is 5.20 Å². The van der Waals surface area contributed by atoms with Crippen molar-refractivity contribution in [3.63, 3.8) is 0 Å². The smallest absolute Gasteiger partial charge is 0.0340 e. The summed E-state index contributed by atoms with van der Waals surface area (Å²) in [6.45, 7) is 5.50. The Balaban J connectivity index is 2.21. The molecule has 1 aromatic rings. The summed E-state index contributed by atoms with van der Waals surface area (Å²) in [6, 6.07) is 10.4. The minimum Gasteiger partial charge on any atom is -0.385 e. The van der Waals surface area contributed by atoms with Crippen LogP contribution in [0.2, 0.25) is 0 Å². The summed E-state index contributed by atoms with van der Waals surface area (Å²) in [7, 11) is 1.21. The van der Waals surface area contributed by atoms with Gasteiger partial charge in [-0.05, 0) is 38.8 Å². The summed E-state index contributed by atoms with van der Waals surface area (Å²) in [5.41, 5.74) is 2.74. The molecule has 0 aliphatic carbocycles. The fraction of sp³-hybridized carbons (Fsp3) is 0.385. The molecule has 0 bridgehead atoms. The third-order valence-corrected chi connectivity index (χ3v) is 4.19. The minimum atomic E-state index is 1.07. The van der Waals surface area contributed by atoms with E-state index in [2.05, 4.69) is 43.4 Å². The van der Waals surface area contributed by atoms with Gasteiger partial charge in [0.1, 0.15) is 0 Å². The number of allylic oxidation sites excluding steroid dienone is 2. The first-order valence-corrected chi connectivity index (χ1v) is 6.62. The summed E-state index contributed by atoms with van der Waals surface area (Å²) in [4.78, 5) is 0. The molecule has 0 aliphatic heterocycles. The van der Waals surface area contributed by atoms with Crippen molar-refractivity contribution in [1.29, 1.82) is 0 Å². The SMILES string of the molecule is CC(C)=C([SiH3])CCCNc1ccccc1. The second-order valence-corrected chi connectivity index (χ2v) is 5.38. The molecule has 82 valence electrons. The second kappa shape index (κ2) is 6.46. The third-order valence-electron chi connectivity index (χ3n) is 2.69. The first kappa shape index (κ1) is 12.0. The van der Waals surface area contributed by atoms with E-state index in [9.17, 15) is 0 Å². The Morgan fingerprint density at radius 2 is 1.87 bits per heavy atom. The van der Waals surface area contributed by atoms with Gasteiger partial charge in [-0.15, -0.1) is 0 Å². The first-order chi connectivity index (χ1) is 7.20. The summed E-state index contributed by atoms with van der Waals surface area (Å²) < 4.78 is 0. The maximum absolute atomic E-state index is 3.43. The zero-order chi connectivity index (χ0) is 11.1. The lowest BCUT2D eigenvalue weighted by Crippen LogP contribution is -2.02. The normalized spacial score (nSPS) is 10.0. The maximum Gasteiger partial charge on any atom is 0.0340 e. The van der Waals surface area contributed by atoms with Gasteiger partial charge in [0.05, 0.1) is 0 Å². The van der Waals surface area contributed by atoms with Gasteiger partial charge in [0, 0.05) is 22.5 Å². The van der Waals surface area contributed by atoms with Crippen LogP contribution in [-0.2, 0) is 0 Å². The van der Waals surface area contributed by atoms with E-state index in [4.69, 9.17) is 0 Å². The van der Waals surface area contributed by atoms with Crippen LogP contribution in [0.15, 0.2) is 41.1 Å². The van der Waals surface area contributed by atoms with Crippen LogP contribution in [0.1, 0.15) is 26.7 Å². The van der Waals surface area contributed by atoms with Gasteiger partial charge in [0.2, 0.25) is 0 Å². The highest BCUT2D eigenvalue weighted by molar-refractivity contribution is 6.21. The van der Waals surface area contributed by atoms with Crippen LogP contribution in [0.3, 0.4) is 0 Å². The van der Waals surface area contributed by atoms with Crippen molar-refractivity contribution in [2.45, 2.75) is 26.7 Å². The van der Waals surface area contributed by atoms with E-state index in [-0.39, 0.29) is 0 Å². The quantitative estimate of drug-likeness (QED) is 0.593. The van der Waals surface area contributed by atoms with Crippen molar-refractivity contribution in [3.05, 3.63) is 41.1 Å². The van der Waals surface area contributed by atoms with Crippen LogP contribution in [0.25, 0.3) is 0 Å². The van der Waals surface area contributed by atoms with Crippen LogP contribution >= 0.6 is 0 Å². The monoisotopic (exact) mass is 219 g/mol. The molecule has 0 aromatic heterocycles. The molecule has 0 atom stereocenters. The van der Waals surface area contributed by atoms with E-state index in [0.29, 0.717) is 0 Å². The Labute approximate surface area is 96.0 Å². The molecule has 0 amide bonds. The van der Waals surface area contributed by atoms with Crippen molar-refractivity contribution in [2.24, 2.45) is 0 Å². The summed E-state index contributed by atoms with van der Waals surface area (Å²) in [6.07, 6.45) is 2.49. The van der Waals surface area contributed by atoms with Crippen LogP contribution in [0.4, 0.5) is 5.69 Å². The molecule has 15 heavy (non-hydrogen) atoms. The molecule has 0 spiro atoms. The average molecular weight is 219 g/mol. The number of hydrogen-bond donors (Lipinski definition) is 1. The molecular weight excluding hydrogens is 198 g/mol. The minimum absolute atomic E-state index is 1.07. The Morgan fingerprint density at radius 3 is 2.47 bits per heavy atom. The molecule has 1 aromatic carbocycles. The van der Waals surface area contributed by atoms with E-state index in [1.807, 2.05) is 6.07 Å². The highest BCUT2D eigenvalue weighted by Crippen LogP contribution is 2.08. The zero-order valence-electron chi connectivity index (χ0n) is 10.0. The van der Waals surface area contributed by atoms with Gasteiger partial charge in [-0.1, -0.05) is 29.0 Å².